The molecule has 0 spiro atoms. The Bertz CT molecular complexity index is 1210. The van der Waals surface area contributed by atoms with Crippen LogP contribution >= 0.6 is 23.4 Å². The van der Waals surface area contributed by atoms with Gasteiger partial charge in [0.25, 0.3) is 0 Å². The van der Waals surface area contributed by atoms with Crippen LogP contribution < -0.4 is 14.2 Å². The zero-order valence-corrected chi connectivity index (χ0v) is 19.5. The van der Waals surface area contributed by atoms with E-state index in [4.69, 9.17) is 25.8 Å². The van der Waals surface area contributed by atoms with E-state index in [-0.39, 0.29) is 0 Å². The minimum Gasteiger partial charge on any atom is -0.497 e. The second-order valence-corrected chi connectivity index (χ2v) is 8.21. The van der Waals surface area contributed by atoms with E-state index in [2.05, 4.69) is 10.2 Å². The molecule has 0 fully saturated rings. The molecule has 1 heterocycles. The molecule has 4 aromatic rings. The molecule has 0 bridgehead atoms. The number of benzene rings is 3. The van der Waals surface area contributed by atoms with Gasteiger partial charge in [-0.15, -0.1) is 10.2 Å². The van der Waals surface area contributed by atoms with Gasteiger partial charge < -0.3 is 14.2 Å². The van der Waals surface area contributed by atoms with Gasteiger partial charge in [-0.25, -0.2) is 0 Å². The highest BCUT2D eigenvalue weighted by Gasteiger charge is 2.18. The van der Waals surface area contributed by atoms with Crippen LogP contribution in [0.2, 0.25) is 5.02 Å². The SMILES string of the molecule is COc1ccc(-n2c(SCc3cccc(Cl)c3)nnc2-c2ccc(OC)c(OC)c2)cc1. The zero-order valence-electron chi connectivity index (χ0n) is 17.9. The summed E-state index contributed by atoms with van der Waals surface area (Å²) in [5.41, 5.74) is 2.90. The molecule has 1 aromatic heterocycles. The van der Waals surface area contributed by atoms with Crippen LogP contribution in [-0.4, -0.2) is 36.1 Å². The molecule has 0 saturated carbocycles. The van der Waals surface area contributed by atoms with Gasteiger partial charge in [-0.05, 0) is 60.2 Å². The Morgan fingerprint density at radius 3 is 2.31 bits per heavy atom. The van der Waals surface area contributed by atoms with Crippen molar-refractivity contribution >= 4 is 23.4 Å². The van der Waals surface area contributed by atoms with Crippen molar-refractivity contribution in [1.29, 1.82) is 0 Å². The number of hydrogen-bond acceptors (Lipinski definition) is 6. The Morgan fingerprint density at radius 2 is 1.62 bits per heavy atom. The lowest BCUT2D eigenvalue weighted by molar-refractivity contribution is 0.355. The molecule has 0 unspecified atom stereocenters. The first kappa shape index (κ1) is 22.0. The number of ether oxygens (including phenoxy) is 3. The molecule has 0 radical (unpaired) electrons. The van der Waals surface area contributed by atoms with E-state index >= 15 is 0 Å². The van der Waals surface area contributed by atoms with Gasteiger partial charge in [0.05, 0.1) is 21.3 Å². The highest BCUT2D eigenvalue weighted by atomic mass is 35.5. The highest BCUT2D eigenvalue weighted by Crippen LogP contribution is 2.35. The molecule has 4 rings (SSSR count). The second-order valence-electron chi connectivity index (χ2n) is 6.83. The van der Waals surface area contributed by atoms with Gasteiger partial charge in [0, 0.05) is 22.0 Å². The van der Waals surface area contributed by atoms with E-state index in [1.165, 1.54) is 0 Å². The Kier molecular flexibility index (Phi) is 6.87. The molecule has 0 N–H and O–H groups in total. The minimum atomic E-state index is 0.627. The summed E-state index contributed by atoms with van der Waals surface area (Å²) < 4.78 is 18.2. The summed E-state index contributed by atoms with van der Waals surface area (Å²) >= 11 is 7.73. The van der Waals surface area contributed by atoms with Crippen molar-refractivity contribution in [3.8, 4) is 34.3 Å². The number of thioether (sulfide) groups is 1. The third-order valence-corrected chi connectivity index (χ3v) is 6.10. The van der Waals surface area contributed by atoms with Gasteiger partial charge in [-0.2, -0.15) is 0 Å². The van der Waals surface area contributed by atoms with Crippen molar-refractivity contribution in [2.24, 2.45) is 0 Å². The summed E-state index contributed by atoms with van der Waals surface area (Å²) in [6.07, 6.45) is 0. The van der Waals surface area contributed by atoms with Crippen LogP contribution in [0.25, 0.3) is 17.1 Å². The van der Waals surface area contributed by atoms with E-state index in [1.54, 1.807) is 33.1 Å². The van der Waals surface area contributed by atoms with Gasteiger partial charge in [0.15, 0.2) is 22.5 Å². The predicted molar refractivity (Wildman–Crippen MR) is 127 cm³/mol. The molecule has 3 aromatic carbocycles. The smallest absolute Gasteiger partial charge is 0.196 e. The molecule has 8 heteroatoms. The van der Waals surface area contributed by atoms with Crippen LogP contribution in [0.5, 0.6) is 17.2 Å². The van der Waals surface area contributed by atoms with Crippen molar-refractivity contribution in [1.82, 2.24) is 14.8 Å². The van der Waals surface area contributed by atoms with Gasteiger partial charge in [0.1, 0.15) is 5.75 Å². The number of methoxy groups -OCH3 is 3. The number of aromatic nitrogens is 3. The van der Waals surface area contributed by atoms with E-state index in [0.717, 1.165) is 27.7 Å². The largest absolute Gasteiger partial charge is 0.497 e. The third kappa shape index (κ3) is 4.69. The van der Waals surface area contributed by atoms with Crippen molar-refractivity contribution in [2.75, 3.05) is 21.3 Å². The molecule has 0 aliphatic carbocycles. The maximum absolute atomic E-state index is 6.14. The Labute approximate surface area is 196 Å². The first-order valence-corrected chi connectivity index (χ1v) is 11.2. The van der Waals surface area contributed by atoms with Crippen LogP contribution in [0.4, 0.5) is 0 Å². The fourth-order valence-electron chi connectivity index (χ4n) is 3.26. The van der Waals surface area contributed by atoms with Gasteiger partial charge in [-0.3, -0.25) is 4.57 Å². The molecule has 6 nitrogen and oxygen atoms in total. The summed E-state index contributed by atoms with van der Waals surface area (Å²) in [5.74, 6) is 3.47. The zero-order chi connectivity index (χ0) is 22.5. The molecular formula is C24H22ClN3O3S. The maximum atomic E-state index is 6.14. The molecule has 0 saturated heterocycles. The lowest BCUT2D eigenvalue weighted by atomic mass is 10.2. The van der Waals surface area contributed by atoms with Crippen LogP contribution in [0, 0.1) is 0 Å². The second kappa shape index (κ2) is 9.97. The van der Waals surface area contributed by atoms with Crippen molar-refractivity contribution in [3.63, 3.8) is 0 Å². The van der Waals surface area contributed by atoms with Crippen LogP contribution in [0.1, 0.15) is 5.56 Å². The molecule has 32 heavy (non-hydrogen) atoms. The van der Waals surface area contributed by atoms with Crippen molar-refractivity contribution < 1.29 is 14.2 Å². The van der Waals surface area contributed by atoms with Crippen molar-refractivity contribution in [3.05, 3.63) is 77.3 Å². The first-order chi connectivity index (χ1) is 15.6. The van der Waals surface area contributed by atoms with Crippen LogP contribution in [0.15, 0.2) is 71.9 Å². The Balaban J connectivity index is 1.76. The molecule has 0 aliphatic heterocycles. The maximum Gasteiger partial charge on any atom is 0.196 e. The fraction of sp³-hybridized carbons (Fsp3) is 0.167. The number of halogens is 1. The summed E-state index contributed by atoms with van der Waals surface area (Å²) in [4.78, 5) is 0. The molecule has 0 atom stereocenters. The molecule has 0 aliphatic rings. The quantitative estimate of drug-likeness (QED) is 0.300. The summed E-state index contributed by atoms with van der Waals surface area (Å²) in [5, 5.41) is 10.5. The monoisotopic (exact) mass is 467 g/mol. The standard InChI is InChI=1S/C24H22ClN3O3S/c1-29-20-10-8-19(9-11-20)28-23(17-7-12-21(30-2)22(14-17)31-3)26-27-24(28)32-15-16-5-4-6-18(25)13-16/h4-14H,15H2,1-3H3. The summed E-state index contributed by atoms with van der Waals surface area (Å²) in [6.45, 7) is 0. The summed E-state index contributed by atoms with van der Waals surface area (Å²) in [6, 6.07) is 21.3. The molecular weight excluding hydrogens is 446 g/mol. The average Bonchev–Trinajstić information content (AvgIpc) is 3.26. The molecule has 0 amide bonds. The van der Waals surface area contributed by atoms with E-state index in [9.17, 15) is 0 Å². The fourth-order valence-corrected chi connectivity index (χ4v) is 4.37. The van der Waals surface area contributed by atoms with E-state index < -0.39 is 0 Å². The van der Waals surface area contributed by atoms with Crippen LogP contribution in [-0.2, 0) is 5.75 Å². The summed E-state index contributed by atoms with van der Waals surface area (Å²) in [7, 11) is 4.87. The van der Waals surface area contributed by atoms with Gasteiger partial charge in [0.2, 0.25) is 0 Å². The number of hydrogen-bond donors (Lipinski definition) is 0. The average molecular weight is 468 g/mol. The number of rotatable bonds is 8. The third-order valence-electron chi connectivity index (χ3n) is 4.86. The Hall–Kier alpha value is -3.16. The van der Waals surface area contributed by atoms with Crippen LogP contribution in [0.3, 0.4) is 0 Å². The number of nitrogens with zero attached hydrogens (tertiary/aromatic N) is 3. The van der Waals surface area contributed by atoms with Crippen molar-refractivity contribution in [2.45, 2.75) is 10.9 Å². The van der Waals surface area contributed by atoms with E-state index in [0.29, 0.717) is 28.1 Å². The lowest BCUT2D eigenvalue weighted by Gasteiger charge is -2.13. The Morgan fingerprint density at radius 1 is 0.844 bits per heavy atom. The molecule has 164 valence electrons. The van der Waals surface area contributed by atoms with Gasteiger partial charge >= 0.3 is 0 Å². The predicted octanol–water partition coefficient (Wildman–Crippen LogP) is 5.91. The highest BCUT2D eigenvalue weighted by molar-refractivity contribution is 7.98. The van der Waals surface area contributed by atoms with Gasteiger partial charge in [-0.1, -0.05) is 35.5 Å². The van der Waals surface area contributed by atoms with E-state index in [1.807, 2.05) is 71.3 Å². The first-order valence-electron chi connectivity index (χ1n) is 9.82. The lowest BCUT2D eigenvalue weighted by Crippen LogP contribution is -2.00. The normalized spacial score (nSPS) is 10.8. The minimum absolute atomic E-state index is 0.627. The topological polar surface area (TPSA) is 58.4 Å².